The molecular formula is C18H27IN6O. The van der Waals surface area contributed by atoms with Gasteiger partial charge in [0, 0.05) is 33.0 Å². The van der Waals surface area contributed by atoms with E-state index < -0.39 is 0 Å². The second kappa shape index (κ2) is 10.8. The molecule has 1 amide bonds. The molecule has 7 nitrogen and oxygen atoms in total. The molecular weight excluding hydrogens is 443 g/mol. The molecule has 1 unspecified atom stereocenters. The van der Waals surface area contributed by atoms with Gasteiger partial charge in [0.05, 0.1) is 11.7 Å². The molecule has 2 aromatic rings. The van der Waals surface area contributed by atoms with Crippen molar-refractivity contribution in [2.45, 2.75) is 19.9 Å². The molecule has 1 aromatic heterocycles. The zero-order valence-electron chi connectivity index (χ0n) is 15.6. The van der Waals surface area contributed by atoms with Crippen molar-refractivity contribution in [1.82, 2.24) is 25.3 Å². The lowest BCUT2D eigenvalue weighted by atomic mass is 10.1. The molecule has 1 aromatic carbocycles. The summed E-state index contributed by atoms with van der Waals surface area (Å²) in [7, 11) is 3.45. The Labute approximate surface area is 171 Å². The summed E-state index contributed by atoms with van der Waals surface area (Å²) in [5.74, 6) is 0.584. The number of nitrogens with zero attached hydrogens (tertiary/aromatic N) is 4. The Morgan fingerprint density at radius 3 is 2.73 bits per heavy atom. The lowest BCUT2D eigenvalue weighted by Crippen LogP contribution is -2.39. The molecule has 0 spiro atoms. The van der Waals surface area contributed by atoms with Crippen LogP contribution in [0.1, 0.15) is 25.5 Å². The quantitative estimate of drug-likeness (QED) is 0.386. The van der Waals surface area contributed by atoms with Crippen LogP contribution in [0.25, 0.3) is 5.69 Å². The highest BCUT2D eigenvalue weighted by atomic mass is 127. The van der Waals surface area contributed by atoms with Crippen molar-refractivity contribution < 1.29 is 4.79 Å². The average Bonchev–Trinajstić information content (AvgIpc) is 3.14. The molecule has 0 bridgehead atoms. The summed E-state index contributed by atoms with van der Waals surface area (Å²) < 4.78 is 1.82. The van der Waals surface area contributed by atoms with Crippen molar-refractivity contribution in [3.8, 4) is 5.69 Å². The SMILES string of the molecule is CCNC(=NCC(=O)N(C)C)NC(C)c1cccc(-n2cccn2)c1.I. The number of aliphatic imine (C=N–C) groups is 1. The number of carbonyl (C=O) groups is 1. The molecule has 0 aliphatic carbocycles. The molecule has 0 fully saturated rings. The summed E-state index contributed by atoms with van der Waals surface area (Å²) in [6.45, 7) is 4.89. The van der Waals surface area contributed by atoms with E-state index in [-0.39, 0.29) is 42.5 Å². The van der Waals surface area contributed by atoms with E-state index in [1.54, 1.807) is 20.3 Å². The molecule has 0 aliphatic heterocycles. The third-order valence-corrected chi connectivity index (χ3v) is 3.71. The van der Waals surface area contributed by atoms with Crippen LogP contribution in [-0.2, 0) is 4.79 Å². The van der Waals surface area contributed by atoms with Crippen LogP contribution in [0.3, 0.4) is 0 Å². The average molecular weight is 470 g/mol. The van der Waals surface area contributed by atoms with Gasteiger partial charge in [0.15, 0.2) is 5.96 Å². The lowest BCUT2D eigenvalue weighted by molar-refractivity contribution is -0.127. The summed E-state index contributed by atoms with van der Waals surface area (Å²) in [5, 5.41) is 10.8. The number of guanidine groups is 1. The van der Waals surface area contributed by atoms with Gasteiger partial charge in [0.25, 0.3) is 0 Å². The highest BCUT2D eigenvalue weighted by Gasteiger charge is 2.10. The Morgan fingerprint density at radius 2 is 2.12 bits per heavy atom. The van der Waals surface area contributed by atoms with E-state index in [9.17, 15) is 4.79 Å². The van der Waals surface area contributed by atoms with Crippen molar-refractivity contribution in [1.29, 1.82) is 0 Å². The Balaban J connectivity index is 0.00000338. The minimum atomic E-state index is -0.0365. The van der Waals surface area contributed by atoms with Crippen LogP contribution in [0.4, 0.5) is 0 Å². The summed E-state index contributed by atoms with van der Waals surface area (Å²) >= 11 is 0. The maximum absolute atomic E-state index is 11.7. The molecule has 1 heterocycles. The zero-order valence-corrected chi connectivity index (χ0v) is 18.0. The zero-order chi connectivity index (χ0) is 18.2. The number of rotatable bonds is 6. The molecule has 0 aliphatic rings. The van der Waals surface area contributed by atoms with Gasteiger partial charge < -0.3 is 15.5 Å². The van der Waals surface area contributed by atoms with Crippen molar-refractivity contribution in [2.75, 3.05) is 27.2 Å². The molecule has 2 N–H and O–H groups in total. The number of hydrogen-bond acceptors (Lipinski definition) is 3. The van der Waals surface area contributed by atoms with E-state index in [0.29, 0.717) is 5.96 Å². The molecule has 142 valence electrons. The van der Waals surface area contributed by atoms with E-state index in [2.05, 4.69) is 39.8 Å². The first-order valence-electron chi connectivity index (χ1n) is 8.36. The predicted molar refractivity (Wildman–Crippen MR) is 115 cm³/mol. The number of carbonyl (C=O) groups excluding carboxylic acids is 1. The first kappa shape index (κ1) is 21.9. The Hall–Kier alpha value is -2.10. The highest BCUT2D eigenvalue weighted by Crippen LogP contribution is 2.16. The summed E-state index contributed by atoms with van der Waals surface area (Å²) in [6.07, 6.45) is 3.67. The third-order valence-electron chi connectivity index (χ3n) is 3.71. The van der Waals surface area contributed by atoms with Crippen LogP contribution >= 0.6 is 24.0 Å². The second-order valence-corrected chi connectivity index (χ2v) is 5.89. The number of hydrogen-bond donors (Lipinski definition) is 2. The van der Waals surface area contributed by atoms with Crippen molar-refractivity contribution >= 4 is 35.8 Å². The van der Waals surface area contributed by atoms with E-state index >= 15 is 0 Å². The van der Waals surface area contributed by atoms with Gasteiger partial charge >= 0.3 is 0 Å². The first-order chi connectivity index (χ1) is 12.0. The number of aromatic nitrogens is 2. The van der Waals surface area contributed by atoms with E-state index in [4.69, 9.17) is 0 Å². The van der Waals surface area contributed by atoms with Gasteiger partial charge in [0.1, 0.15) is 6.54 Å². The van der Waals surface area contributed by atoms with Gasteiger partial charge in [-0.25, -0.2) is 9.67 Å². The van der Waals surface area contributed by atoms with Gasteiger partial charge in [-0.3, -0.25) is 4.79 Å². The molecule has 1 atom stereocenters. The highest BCUT2D eigenvalue weighted by molar-refractivity contribution is 14.0. The molecule has 26 heavy (non-hydrogen) atoms. The largest absolute Gasteiger partial charge is 0.357 e. The van der Waals surface area contributed by atoms with Crippen LogP contribution in [0.5, 0.6) is 0 Å². The van der Waals surface area contributed by atoms with E-state index in [1.807, 2.05) is 36.0 Å². The van der Waals surface area contributed by atoms with Crippen LogP contribution in [-0.4, -0.2) is 53.7 Å². The number of halogens is 1. The number of nitrogens with one attached hydrogen (secondary N) is 2. The van der Waals surface area contributed by atoms with Gasteiger partial charge in [0.2, 0.25) is 5.91 Å². The van der Waals surface area contributed by atoms with Crippen molar-refractivity contribution in [3.63, 3.8) is 0 Å². The maximum atomic E-state index is 11.7. The fraction of sp³-hybridized carbons (Fsp3) is 0.389. The lowest BCUT2D eigenvalue weighted by Gasteiger charge is -2.19. The molecule has 8 heteroatoms. The minimum Gasteiger partial charge on any atom is -0.357 e. The van der Waals surface area contributed by atoms with E-state index in [0.717, 1.165) is 17.8 Å². The fourth-order valence-electron chi connectivity index (χ4n) is 2.25. The van der Waals surface area contributed by atoms with Gasteiger partial charge in [-0.2, -0.15) is 5.10 Å². The second-order valence-electron chi connectivity index (χ2n) is 5.89. The smallest absolute Gasteiger partial charge is 0.243 e. The summed E-state index contributed by atoms with van der Waals surface area (Å²) in [4.78, 5) is 17.6. The van der Waals surface area contributed by atoms with Crippen LogP contribution in [0, 0.1) is 0 Å². The molecule has 0 radical (unpaired) electrons. The maximum Gasteiger partial charge on any atom is 0.243 e. The number of benzene rings is 1. The minimum absolute atomic E-state index is 0. The summed E-state index contributed by atoms with van der Waals surface area (Å²) in [5.41, 5.74) is 2.11. The van der Waals surface area contributed by atoms with Gasteiger partial charge in [-0.15, -0.1) is 24.0 Å². The standard InChI is InChI=1S/C18H26N6O.HI/c1-5-19-18(20-13-17(25)23(3)4)22-14(2)15-8-6-9-16(12-15)24-11-7-10-21-24;/h6-12,14H,5,13H2,1-4H3,(H2,19,20,22);1H. The predicted octanol–water partition coefficient (Wildman–Crippen LogP) is 2.19. The van der Waals surface area contributed by atoms with Crippen LogP contribution in [0.15, 0.2) is 47.7 Å². The van der Waals surface area contributed by atoms with E-state index in [1.165, 1.54) is 4.90 Å². The Bertz CT molecular complexity index is 714. The molecule has 0 saturated heterocycles. The first-order valence-corrected chi connectivity index (χ1v) is 8.36. The third kappa shape index (κ3) is 6.32. The Morgan fingerprint density at radius 1 is 1.35 bits per heavy atom. The monoisotopic (exact) mass is 470 g/mol. The normalized spacial score (nSPS) is 12.1. The molecule has 2 rings (SSSR count). The fourth-order valence-corrected chi connectivity index (χ4v) is 2.25. The summed E-state index contributed by atoms with van der Waals surface area (Å²) in [6, 6.07) is 10.1. The molecule has 0 saturated carbocycles. The number of likely N-dealkylation sites (N-methyl/N-ethyl adjacent to an activating group) is 1. The number of amides is 1. The van der Waals surface area contributed by atoms with Crippen LogP contribution < -0.4 is 10.6 Å². The van der Waals surface area contributed by atoms with Gasteiger partial charge in [-0.1, -0.05) is 12.1 Å². The van der Waals surface area contributed by atoms with Gasteiger partial charge in [-0.05, 0) is 37.6 Å². The van der Waals surface area contributed by atoms with Crippen LogP contribution in [0.2, 0.25) is 0 Å². The topological polar surface area (TPSA) is 74.6 Å². The van der Waals surface area contributed by atoms with Crippen molar-refractivity contribution in [2.24, 2.45) is 4.99 Å². The van der Waals surface area contributed by atoms with Crippen molar-refractivity contribution in [3.05, 3.63) is 48.3 Å². The Kier molecular flexibility index (Phi) is 9.11.